The summed E-state index contributed by atoms with van der Waals surface area (Å²) in [6.07, 6.45) is 2.30. The van der Waals surface area contributed by atoms with Crippen molar-refractivity contribution in [2.75, 3.05) is 26.7 Å². The maximum absolute atomic E-state index is 13.1. The quantitative estimate of drug-likeness (QED) is 0.546. The lowest BCUT2D eigenvalue weighted by Crippen LogP contribution is -2.50. The molecule has 31 heavy (non-hydrogen) atoms. The average Bonchev–Trinajstić information content (AvgIpc) is 3.29. The highest BCUT2D eigenvalue weighted by atomic mass is 16.2. The number of fused-ring (bicyclic) bond motifs is 1. The highest BCUT2D eigenvalue weighted by Gasteiger charge is 2.32. The molecule has 1 aliphatic heterocycles. The molecule has 0 spiro atoms. The Morgan fingerprint density at radius 2 is 1.77 bits per heavy atom. The number of nitrogens with one attached hydrogen (secondary N) is 1. The first-order chi connectivity index (χ1) is 15.2. The molecule has 0 bridgehead atoms. The molecule has 5 heteroatoms. The van der Waals surface area contributed by atoms with Gasteiger partial charge in [-0.3, -0.25) is 4.79 Å². The molecule has 0 saturated carbocycles. The van der Waals surface area contributed by atoms with Crippen LogP contribution in [0.3, 0.4) is 0 Å². The number of benzene rings is 3. The van der Waals surface area contributed by atoms with Crippen molar-refractivity contribution in [2.24, 2.45) is 0 Å². The standard InChI is InChI=1S/C26H26N4O/c1-29-13-14-30(25(31)15-19-7-3-2-4-8-19)24(18-29)26-27-17-23(28-26)22-12-11-20-9-5-6-10-21(20)16-22/h2-12,16-17,24H,13-15,18H2,1H3,(H,27,28)/t24-/m1/s1. The van der Waals surface area contributed by atoms with E-state index in [1.54, 1.807) is 0 Å². The number of aromatic nitrogens is 2. The Bertz CT molecular complexity index is 1200. The molecular formula is C26H26N4O. The summed E-state index contributed by atoms with van der Waals surface area (Å²) in [6, 6.07) is 24.6. The average molecular weight is 411 g/mol. The van der Waals surface area contributed by atoms with Gasteiger partial charge in [0.05, 0.1) is 18.3 Å². The molecule has 156 valence electrons. The minimum Gasteiger partial charge on any atom is -0.340 e. The van der Waals surface area contributed by atoms with E-state index in [-0.39, 0.29) is 11.9 Å². The minimum absolute atomic E-state index is 0.0795. The van der Waals surface area contributed by atoms with Crippen LogP contribution in [0, 0.1) is 0 Å². The first-order valence-corrected chi connectivity index (χ1v) is 10.7. The van der Waals surface area contributed by atoms with E-state index in [2.05, 4.69) is 59.4 Å². The molecule has 1 atom stereocenters. The summed E-state index contributed by atoms with van der Waals surface area (Å²) in [5.74, 6) is 0.990. The molecule has 5 rings (SSSR count). The first-order valence-electron chi connectivity index (χ1n) is 10.7. The van der Waals surface area contributed by atoms with Crippen molar-refractivity contribution in [2.45, 2.75) is 12.5 Å². The van der Waals surface area contributed by atoms with Crippen LogP contribution >= 0.6 is 0 Å². The van der Waals surface area contributed by atoms with Crippen molar-refractivity contribution < 1.29 is 4.79 Å². The van der Waals surface area contributed by atoms with E-state index in [4.69, 9.17) is 4.98 Å². The normalized spacial score (nSPS) is 17.2. The molecule has 0 aliphatic carbocycles. The van der Waals surface area contributed by atoms with Gasteiger partial charge < -0.3 is 14.8 Å². The van der Waals surface area contributed by atoms with E-state index in [1.807, 2.05) is 41.4 Å². The monoisotopic (exact) mass is 410 g/mol. The summed E-state index contributed by atoms with van der Waals surface area (Å²) < 4.78 is 0. The second-order valence-corrected chi connectivity index (χ2v) is 8.27. The summed E-state index contributed by atoms with van der Waals surface area (Å²) in [7, 11) is 2.10. The van der Waals surface area contributed by atoms with Crippen LogP contribution in [0.5, 0.6) is 0 Å². The van der Waals surface area contributed by atoms with Crippen LogP contribution in [0.15, 0.2) is 79.0 Å². The minimum atomic E-state index is -0.0795. The van der Waals surface area contributed by atoms with Crippen molar-refractivity contribution >= 4 is 16.7 Å². The molecule has 1 fully saturated rings. The highest BCUT2D eigenvalue weighted by molar-refractivity contribution is 5.86. The maximum Gasteiger partial charge on any atom is 0.227 e. The number of hydrogen-bond donors (Lipinski definition) is 1. The predicted octanol–water partition coefficient (Wildman–Crippen LogP) is 4.29. The Hall–Kier alpha value is -3.44. The molecule has 1 N–H and O–H groups in total. The van der Waals surface area contributed by atoms with Gasteiger partial charge in [0, 0.05) is 25.2 Å². The summed E-state index contributed by atoms with van der Waals surface area (Å²) in [6.45, 7) is 2.35. The number of piperazine rings is 1. The zero-order valence-corrected chi connectivity index (χ0v) is 17.7. The fourth-order valence-electron chi connectivity index (χ4n) is 4.33. The van der Waals surface area contributed by atoms with Gasteiger partial charge in [0.1, 0.15) is 11.9 Å². The number of nitrogens with zero attached hydrogens (tertiary/aromatic N) is 3. The van der Waals surface area contributed by atoms with E-state index in [0.29, 0.717) is 13.0 Å². The molecule has 2 heterocycles. The Kier molecular flexibility index (Phi) is 5.26. The van der Waals surface area contributed by atoms with E-state index in [9.17, 15) is 4.79 Å². The number of amides is 1. The number of carbonyl (C=O) groups excluding carboxylic acids is 1. The third-order valence-corrected chi connectivity index (χ3v) is 6.07. The van der Waals surface area contributed by atoms with E-state index in [0.717, 1.165) is 35.7 Å². The predicted molar refractivity (Wildman–Crippen MR) is 124 cm³/mol. The maximum atomic E-state index is 13.1. The van der Waals surface area contributed by atoms with E-state index in [1.165, 1.54) is 10.8 Å². The molecule has 4 aromatic rings. The van der Waals surface area contributed by atoms with Crippen molar-refractivity contribution in [3.8, 4) is 11.3 Å². The van der Waals surface area contributed by atoms with Gasteiger partial charge in [0.15, 0.2) is 0 Å². The fourth-order valence-corrected chi connectivity index (χ4v) is 4.33. The molecule has 1 aromatic heterocycles. The van der Waals surface area contributed by atoms with Crippen LogP contribution in [0.4, 0.5) is 0 Å². The first kappa shape index (κ1) is 19.5. The summed E-state index contributed by atoms with van der Waals surface area (Å²) >= 11 is 0. The number of rotatable bonds is 4. The fraction of sp³-hybridized carbons (Fsp3) is 0.231. The molecule has 1 amide bonds. The van der Waals surface area contributed by atoms with Crippen molar-refractivity contribution in [3.63, 3.8) is 0 Å². The highest BCUT2D eigenvalue weighted by Crippen LogP contribution is 2.28. The largest absolute Gasteiger partial charge is 0.340 e. The zero-order valence-electron chi connectivity index (χ0n) is 17.7. The Balaban J connectivity index is 1.41. The Labute approximate surface area is 182 Å². The van der Waals surface area contributed by atoms with E-state index < -0.39 is 0 Å². The number of H-pyrrole nitrogens is 1. The van der Waals surface area contributed by atoms with Crippen molar-refractivity contribution in [1.82, 2.24) is 19.8 Å². The summed E-state index contributed by atoms with van der Waals surface area (Å²) in [5, 5.41) is 2.42. The molecule has 3 aromatic carbocycles. The van der Waals surface area contributed by atoms with Gasteiger partial charge in [-0.05, 0) is 29.4 Å². The van der Waals surface area contributed by atoms with Crippen molar-refractivity contribution in [3.05, 3.63) is 90.4 Å². The SMILES string of the molecule is CN1CCN(C(=O)Cc2ccccc2)[C@@H](c2ncc(-c3ccc4ccccc4c3)[nH]2)C1. The van der Waals surface area contributed by atoms with Crippen LogP contribution in [0.1, 0.15) is 17.4 Å². The second kappa shape index (κ2) is 8.36. The third-order valence-electron chi connectivity index (χ3n) is 6.07. The third kappa shape index (κ3) is 4.09. The van der Waals surface area contributed by atoms with Crippen LogP contribution in [0.25, 0.3) is 22.0 Å². The topological polar surface area (TPSA) is 52.2 Å². The number of carbonyl (C=O) groups is 1. The number of likely N-dealkylation sites (N-methyl/N-ethyl adjacent to an activating group) is 1. The Morgan fingerprint density at radius 1 is 1.00 bits per heavy atom. The zero-order chi connectivity index (χ0) is 21.2. The lowest BCUT2D eigenvalue weighted by atomic mass is 10.1. The lowest BCUT2D eigenvalue weighted by molar-refractivity contribution is -0.135. The Morgan fingerprint density at radius 3 is 2.61 bits per heavy atom. The van der Waals surface area contributed by atoms with Gasteiger partial charge >= 0.3 is 0 Å². The van der Waals surface area contributed by atoms with Gasteiger partial charge in [0.25, 0.3) is 0 Å². The van der Waals surface area contributed by atoms with Gasteiger partial charge in [-0.1, -0.05) is 66.7 Å². The van der Waals surface area contributed by atoms with Gasteiger partial charge in [-0.25, -0.2) is 4.98 Å². The van der Waals surface area contributed by atoms with Crippen LogP contribution < -0.4 is 0 Å². The van der Waals surface area contributed by atoms with Gasteiger partial charge in [-0.2, -0.15) is 0 Å². The van der Waals surface area contributed by atoms with E-state index >= 15 is 0 Å². The molecule has 0 radical (unpaired) electrons. The number of imidazole rings is 1. The van der Waals surface area contributed by atoms with Crippen LogP contribution in [-0.4, -0.2) is 52.4 Å². The molecule has 1 saturated heterocycles. The van der Waals surface area contributed by atoms with Gasteiger partial charge in [0.2, 0.25) is 5.91 Å². The van der Waals surface area contributed by atoms with Crippen LogP contribution in [0.2, 0.25) is 0 Å². The van der Waals surface area contributed by atoms with Crippen molar-refractivity contribution in [1.29, 1.82) is 0 Å². The number of aromatic amines is 1. The lowest BCUT2D eigenvalue weighted by Gasteiger charge is -2.39. The number of hydrogen-bond acceptors (Lipinski definition) is 3. The molecule has 0 unspecified atom stereocenters. The van der Waals surface area contributed by atoms with Crippen LogP contribution in [-0.2, 0) is 11.2 Å². The molecular weight excluding hydrogens is 384 g/mol. The van der Waals surface area contributed by atoms with Gasteiger partial charge in [-0.15, -0.1) is 0 Å². The smallest absolute Gasteiger partial charge is 0.227 e. The molecule has 5 nitrogen and oxygen atoms in total. The molecule has 1 aliphatic rings. The summed E-state index contributed by atoms with van der Waals surface area (Å²) in [5.41, 5.74) is 3.12. The summed E-state index contributed by atoms with van der Waals surface area (Å²) in [4.78, 5) is 25.6. The second-order valence-electron chi connectivity index (χ2n) is 8.27.